The summed E-state index contributed by atoms with van der Waals surface area (Å²) in [6.45, 7) is 1.37. The van der Waals surface area contributed by atoms with Gasteiger partial charge in [0.25, 0.3) is 0 Å². The van der Waals surface area contributed by atoms with E-state index in [1.165, 1.54) is 0 Å². The highest BCUT2D eigenvalue weighted by molar-refractivity contribution is 7.17. The number of benzene rings is 1. The van der Waals surface area contributed by atoms with Crippen LogP contribution in [0.3, 0.4) is 0 Å². The van der Waals surface area contributed by atoms with E-state index in [0.717, 1.165) is 35.1 Å². The highest BCUT2D eigenvalue weighted by Gasteiger charge is 2.25. The molecular weight excluding hydrogens is 274 g/mol. The van der Waals surface area contributed by atoms with Gasteiger partial charge in [-0.15, -0.1) is 11.3 Å². The van der Waals surface area contributed by atoms with E-state index in [4.69, 9.17) is 4.74 Å². The monoisotopic (exact) mass is 291 g/mol. The first kappa shape index (κ1) is 13.5. The zero-order valence-corrected chi connectivity index (χ0v) is 11.9. The highest BCUT2D eigenvalue weighted by atomic mass is 32.1. The Labute approximate surface area is 121 Å². The molecule has 4 nitrogen and oxygen atoms in total. The van der Waals surface area contributed by atoms with E-state index < -0.39 is 12.0 Å². The molecular formula is C15H17NO3S. The Morgan fingerprint density at radius 2 is 2.35 bits per heavy atom. The van der Waals surface area contributed by atoms with Crippen LogP contribution in [-0.2, 0) is 9.53 Å². The van der Waals surface area contributed by atoms with Crippen molar-refractivity contribution in [3.8, 4) is 0 Å². The molecule has 0 saturated carbocycles. The molecule has 1 fully saturated rings. The van der Waals surface area contributed by atoms with Gasteiger partial charge in [-0.1, -0.05) is 18.2 Å². The van der Waals surface area contributed by atoms with Crippen LogP contribution in [0.4, 0.5) is 0 Å². The summed E-state index contributed by atoms with van der Waals surface area (Å²) in [6.07, 6.45) is 2.21. The van der Waals surface area contributed by atoms with E-state index in [1.54, 1.807) is 11.3 Å². The standard InChI is InChI=1S/C15H17NO3S/c17-15(18)14(16-8-10-4-3-7-19-10)12-9-20-13-6-2-1-5-11(12)13/h1-2,5-6,9-10,14,16H,3-4,7-8H2,(H,17,18). The maximum Gasteiger partial charge on any atom is 0.325 e. The Balaban J connectivity index is 1.80. The average Bonchev–Trinajstić information content (AvgIpc) is 3.08. The van der Waals surface area contributed by atoms with Gasteiger partial charge in [0.05, 0.1) is 6.10 Å². The minimum atomic E-state index is -0.841. The molecule has 0 aliphatic carbocycles. The Bertz CT molecular complexity index is 604. The lowest BCUT2D eigenvalue weighted by molar-refractivity contribution is -0.139. The third-order valence-electron chi connectivity index (χ3n) is 3.64. The van der Waals surface area contributed by atoms with E-state index in [1.807, 2.05) is 29.6 Å². The van der Waals surface area contributed by atoms with Crippen LogP contribution in [0.25, 0.3) is 10.1 Å². The molecule has 1 saturated heterocycles. The van der Waals surface area contributed by atoms with Crippen LogP contribution in [0, 0.1) is 0 Å². The number of thiophene rings is 1. The second-order valence-corrected chi connectivity index (χ2v) is 5.91. The van der Waals surface area contributed by atoms with Gasteiger partial charge < -0.3 is 9.84 Å². The van der Waals surface area contributed by atoms with Crippen LogP contribution in [-0.4, -0.2) is 30.3 Å². The molecule has 0 bridgehead atoms. The van der Waals surface area contributed by atoms with Crippen molar-refractivity contribution in [1.82, 2.24) is 5.32 Å². The molecule has 1 aromatic carbocycles. The summed E-state index contributed by atoms with van der Waals surface area (Å²) < 4.78 is 6.65. The van der Waals surface area contributed by atoms with Crippen molar-refractivity contribution in [2.75, 3.05) is 13.2 Å². The minimum Gasteiger partial charge on any atom is -0.480 e. The first-order chi connectivity index (χ1) is 9.75. The van der Waals surface area contributed by atoms with Gasteiger partial charge in [-0.3, -0.25) is 10.1 Å². The molecule has 0 radical (unpaired) electrons. The molecule has 2 unspecified atom stereocenters. The largest absolute Gasteiger partial charge is 0.480 e. The summed E-state index contributed by atoms with van der Waals surface area (Å²) in [7, 11) is 0. The summed E-state index contributed by atoms with van der Waals surface area (Å²) >= 11 is 1.58. The summed E-state index contributed by atoms with van der Waals surface area (Å²) in [4.78, 5) is 11.5. The minimum absolute atomic E-state index is 0.141. The third kappa shape index (κ3) is 2.70. The maximum atomic E-state index is 11.5. The molecule has 0 amide bonds. The van der Waals surface area contributed by atoms with Crippen LogP contribution >= 0.6 is 11.3 Å². The van der Waals surface area contributed by atoms with E-state index in [2.05, 4.69) is 5.32 Å². The number of hydrogen-bond donors (Lipinski definition) is 2. The van der Waals surface area contributed by atoms with Crippen molar-refractivity contribution in [2.24, 2.45) is 0 Å². The third-order valence-corrected chi connectivity index (χ3v) is 4.62. The number of aliphatic carboxylic acids is 1. The molecule has 20 heavy (non-hydrogen) atoms. The van der Waals surface area contributed by atoms with Crippen LogP contribution in [0.5, 0.6) is 0 Å². The SMILES string of the molecule is O=C(O)C(NCC1CCCO1)c1csc2ccccc12. The molecule has 1 aliphatic heterocycles. The first-order valence-electron chi connectivity index (χ1n) is 6.79. The van der Waals surface area contributed by atoms with Crippen molar-refractivity contribution in [3.05, 3.63) is 35.2 Å². The number of carbonyl (C=O) groups is 1. The van der Waals surface area contributed by atoms with Crippen molar-refractivity contribution >= 4 is 27.4 Å². The van der Waals surface area contributed by atoms with E-state index in [-0.39, 0.29) is 6.10 Å². The highest BCUT2D eigenvalue weighted by Crippen LogP contribution is 2.30. The summed E-state index contributed by atoms with van der Waals surface area (Å²) in [5.74, 6) is -0.841. The van der Waals surface area contributed by atoms with Crippen molar-refractivity contribution < 1.29 is 14.6 Å². The second-order valence-electron chi connectivity index (χ2n) is 5.00. The van der Waals surface area contributed by atoms with E-state index >= 15 is 0 Å². The Kier molecular flexibility index (Phi) is 4.00. The van der Waals surface area contributed by atoms with Gasteiger partial charge in [-0.05, 0) is 35.2 Å². The molecule has 2 aromatic rings. The van der Waals surface area contributed by atoms with Crippen molar-refractivity contribution in [1.29, 1.82) is 0 Å². The topological polar surface area (TPSA) is 58.6 Å². The lowest BCUT2D eigenvalue weighted by Crippen LogP contribution is -2.34. The van der Waals surface area contributed by atoms with Gasteiger partial charge in [0.2, 0.25) is 0 Å². The summed E-state index contributed by atoms with van der Waals surface area (Å²) in [6, 6.07) is 7.23. The fourth-order valence-corrected chi connectivity index (χ4v) is 3.59. The van der Waals surface area contributed by atoms with Gasteiger partial charge in [-0.2, -0.15) is 0 Å². The molecule has 2 N–H and O–H groups in total. The molecule has 106 valence electrons. The number of fused-ring (bicyclic) bond motifs is 1. The van der Waals surface area contributed by atoms with Crippen LogP contribution in [0.2, 0.25) is 0 Å². The fraction of sp³-hybridized carbons (Fsp3) is 0.400. The number of ether oxygens (including phenoxy) is 1. The van der Waals surface area contributed by atoms with Gasteiger partial charge in [0.15, 0.2) is 0 Å². The lowest BCUT2D eigenvalue weighted by Gasteiger charge is -2.17. The molecule has 0 spiro atoms. The van der Waals surface area contributed by atoms with Gasteiger partial charge in [0.1, 0.15) is 6.04 Å². The predicted octanol–water partition coefficient (Wildman–Crippen LogP) is 2.80. The molecule has 3 rings (SSSR count). The average molecular weight is 291 g/mol. The number of carboxylic acid groups (broad SMARTS) is 1. The Morgan fingerprint density at radius 3 is 3.10 bits per heavy atom. The molecule has 1 aromatic heterocycles. The fourth-order valence-electron chi connectivity index (χ4n) is 2.61. The number of rotatable bonds is 5. The quantitative estimate of drug-likeness (QED) is 0.889. The second kappa shape index (κ2) is 5.91. The first-order valence-corrected chi connectivity index (χ1v) is 7.67. The zero-order chi connectivity index (χ0) is 13.9. The molecule has 1 aliphatic rings. The maximum absolute atomic E-state index is 11.5. The lowest BCUT2D eigenvalue weighted by atomic mass is 10.1. The number of nitrogens with one attached hydrogen (secondary N) is 1. The predicted molar refractivity (Wildman–Crippen MR) is 79.2 cm³/mol. The van der Waals surface area contributed by atoms with Crippen molar-refractivity contribution in [2.45, 2.75) is 25.0 Å². The van der Waals surface area contributed by atoms with Crippen LogP contribution in [0.15, 0.2) is 29.6 Å². The number of hydrogen-bond acceptors (Lipinski definition) is 4. The van der Waals surface area contributed by atoms with Crippen LogP contribution < -0.4 is 5.32 Å². The van der Waals surface area contributed by atoms with Crippen molar-refractivity contribution in [3.63, 3.8) is 0 Å². The molecule has 2 heterocycles. The molecule has 5 heteroatoms. The molecule has 2 atom stereocenters. The van der Waals surface area contributed by atoms with Gasteiger partial charge >= 0.3 is 5.97 Å². The van der Waals surface area contributed by atoms with Crippen LogP contribution in [0.1, 0.15) is 24.4 Å². The zero-order valence-electron chi connectivity index (χ0n) is 11.0. The normalized spacial score (nSPS) is 20.3. The van der Waals surface area contributed by atoms with Gasteiger partial charge in [-0.25, -0.2) is 0 Å². The Morgan fingerprint density at radius 1 is 1.50 bits per heavy atom. The summed E-state index contributed by atoms with van der Waals surface area (Å²) in [5.41, 5.74) is 0.844. The van der Waals surface area contributed by atoms with Gasteiger partial charge in [0, 0.05) is 17.9 Å². The number of carboxylic acids is 1. The Hall–Kier alpha value is -1.43. The van der Waals surface area contributed by atoms with E-state index in [0.29, 0.717) is 6.54 Å². The summed E-state index contributed by atoms with van der Waals surface area (Å²) in [5, 5.41) is 15.6. The van der Waals surface area contributed by atoms with E-state index in [9.17, 15) is 9.90 Å². The smallest absolute Gasteiger partial charge is 0.325 e.